The van der Waals surface area contributed by atoms with E-state index in [0.717, 1.165) is 25.8 Å². The minimum atomic E-state index is -0.253. The highest BCUT2D eigenvalue weighted by atomic mass is 16.6. The molecule has 2 amide bonds. The van der Waals surface area contributed by atoms with Crippen molar-refractivity contribution in [2.24, 2.45) is 0 Å². The molecular formula is C13H25N3O3. The molecule has 1 fully saturated rings. The van der Waals surface area contributed by atoms with Crippen molar-refractivity contribution >= 4 is 12.0 Å². The lowest BCUT2D eigenvalue weighted by Crippen LogP contribution is -2.48. The summed E-state index contributed by atoms with van der Waals surface area (Å²) < 4.78 is 4.95. The minimum Gasteiger partial charge on any atom is -0.450 e. The first-order valence-electron chi connectivity index (χ1n) is 7.09. The fourth-order valence-electron chi connectivity index (χ4n) is 2.08. The van der Waals surface area contributed by atoms with Crippen molar-refractivity contribution in [1.82, 2.24) is 15.5 Å². The van der Waals surface area contributed by atoms with Crippen LogP contribution in [0, 0.1) is 0 Å². The van der Waals surface area contributed by atoms with E-state index in [1.165, 1.54) is 0 Å². The molecule has 0 aromatic carbocycles. The van der Waals surface area contributed by atoms with E-state index in [1.807, 2.05) is 0 Å². The van der Waals surface area contributed by atoms with Gasteiger partial charge in [0.15, 0.2) is 0 Å². The molecule has 6 heteroatoms. The van der Waals surface area contributed by atoms with Crippen molar-refractivity contribution < 1.29 is 14.3 Å². The number of nitrogens with one attached hydrogen (secondary N) is 2. The van der Waals surface area contributed by atoms with Crippen LogP contribution in [0.5, 0.6) is 0 Å². The maximum absolute atomic E-state index is 11.6. The lowest BCUT2D eigenvalue weighted by Gasteiger charge is -2.31. The Bertz CT molecular complexity index is 289. The van der Waals surface area contributed by atoms with Crippen LogP contribution in [0.4, 0.5) is 4.79 Å². The molecule has 0 bridgehead atoms. The first kappa shape index (κ1) is 15.8. The number of likely N-dealkylation sites (tertiary alicyclic amines) is 1. The fourth-order valence-corrected chi connectivity index (χ4v) is 2.08. The first-order valence-corrected chi connectivity index (χ1v) is 7.09. The van der Waals surface area contributed by atoms with Crippen molar-refractivity contribution in [2.75, 3.05) is 32.8 Å². The van der Waals surface area contributed by atoms with E-state index in [4.69, 9.17) is 4.74 Å². The molecule has 110 valence electrons. The third kappa shape index (κ3) is 5.92. The number of amides is 2. The molecule has 0 aromatic rings. The highest BCUT2D eigenvalue weighted by molar-refractivity contribution is 5.78. The van der Waals surface area contributed by atoms with E-state index >= 15 is 0 Å². The Morgan fingerprint density at radius 1 is 1.26 bits per heavy atom. The molecule has 0 aromatic heterocycles. The monoisotopic (exact) mass is 271 g/mol. The zero-order chi connectivity index (χ0) is 14.1. The third-order valence-electron chi connectivity index (χ3n) is 3.10. The topological polar surface area (TPSA) is 70.7 Å². The van der Waals surface area contributed by atoms with Gasteiger partial charge in [0.2, 0.25) is 5.91 Å². The van der Waals surface area contributed by atoms with Crippen LogP contribution < -0.4 is 10.6 Å². The second-order valence-electron chi connectivity index (χ2n) is 4.70. The number of nitrogens with zero attached hydrogens (tertiary/aromatic N) is 1. The summed E-state index contributed by atoms with van der Waals surface area (Å²) in [6, 6.07) is 0.168. The Kier molecular flexibility index (Phi) is 7.25. The van der Waals surface area contributed by atoms with E-state index in [0.29, 0.717) is 26.2 Å². The van der Waals surface area contributed by atoms with Gasteiger partial charge in [0, 0.05) is 19.1 Å². The number of hydrogen-bond donors (Lipinski definition) is 2. The van der Waals surface area contributed by atoms with E-state index in [2.05, 4.69) is 17.6 Å². The number of rotatable bonds is 6. The lowest BCUT2D eigenvalue weighted by molar-refractivity contribution is -0.121. The van der Waals surface area contributed by atoms with Gasteiger partial charge >= 0.3 is 6.09 Å². The zero-order valence-corrected chi connectivity index (χ0v) is 11.9. The molecule has 1 rings (SSSR count). The molecular weight excluding hydrogens is 246 g/mol. The summed E-state index contributed by atoms with van der Waals surface area (Å²) in [5.74, 6) is 0.0306. The Balaban J connectivity index is 2.19. The Labute approximate surface area is 114 Å². The summed E-state index contributed by atoms with van der Waals surface area (Å²) in [6.07, 6.45) is 2.35. The predicted octanol–water partition coefficient (Wildman–Crippen LogP) is 0.723. The summed E-state index contributed by atoms with van der Waals surface area (Å²) in [5, 5.41) is 6.06. The summed E-state index contributed by atoms with van der Waals surface area (Å²) in [6.45, 7) is 6.78. The highest BCUT2D eigenvalue weighted by Gasteiger charge is 2.24. The van der Waals surface area contributed by atoms with Gasteiger partial charge < -0.3 is 20.3 Å². The maximum atomic E-state index is 11.6. The van der Waals surface area contributed by atoms with Gasteiger partial charge in [-0.25, -0.2) is 4.79 Å². The van der Waals surface area contributed by atoms with Gasteiger partial charge in [0.25, 0.3) is 0 Å². The Morgan fingerprint density at radius 3 is 2.53 bits per heavy atom. The smallest absolute Gasteiger partial charge is 0.409 e. The average molecular weight is 271 g/mol. The average Bonchev–Trinajstić information content (AvgIpc) is 2.40. The molecule has 1 aliphatic heterocycles. The van der Waals surface area contributed by atoms with Crippen molar-refractivity contribution in [2.45, 2.75) is 39.2 Å². The molecule has 0 radical (unpaired) electrons. The quantitative estimate of drug-likeness (QED) is 0.698. The number of carbonyl (C=O) groups is 2. The van der Waals surface area contributed by atoms with Crippen LogP contribution >= 0.6 is 0 Å². The molecule has 6 nitrogen and oxygen atoms in total. The van der Waals surface area contributed by atoms with Crippen LogP contribution in [0.25, 0.3) is 0 Å². The maximum Gasteiger partial charge on any atom is 0.409 e. The van der Waals surface area contributed by atoms with Gasteiger partial charge in [-0.05, 0) is 32.7 Å². The van der Waals surface area contributed by atoms with Gasteiger partial charge in [-0.2, -0.15) is 0 Å². The second-order valence-corrected chi connectivity index (χ2v) is 4.70. The van der Waals surface area contributed by atoms with Crippen LogP contribution in [-0.2, 0) is 9.53 Å². The molecule has 1 aliphatic rings. The molecule has 1 saturated heterocycles. The molecule has 1 heterocycles. The highest BCUT2D eigenvalue weighted by Crippen LogP contribution is 2.11. The fraction of sp³-hybridized carbons (Fsp3) is 0.846. The molecule has 19 heavy (non-hydrogen) atoms. The molecule has 0 aliphatic carbocycles. The summed E-state index contributed by atoms with van der Waals surface area (Å²) >= 11 is 0. The third-order valence-corrected chi connectivity index (χ3v) is 3.10. The molecule has 0 spiro atoms. The molecule has 0 atom stereocenters. The standard InChI is InChI=1S/C13H25N3O3/c1-3-7-14-10-12(17)15-11-5-8-16(9-6-11)13(18)19-4-2/h11,14H,3-10H2,1-2H3,(H,15,17). The van der Waals surface area contributed by atoms with Crippen molar-refractivity contribution in [3.05, 3.63) is 0 Å². The largest absolute Gasteiger partial charge is 0.450 e. The summed E-state index contributed by atoms with van der Waals surface area (Å²) in [7, 11) is 0. The van der Waals surface area contributed by atoms with Crippen molar-refractivity contribution in [3.8, 4) is 0 Å². The second kappa shape index (κ2) is 8.74. The van der Waals surface area contributed by atoms with E-state index in [1.54, 1.807) is 11.8 Å². The lowest BCUT2D eigenvalue weighted by atomic mass is 10.1. The van der Waals surface area contributed by atoms with Crippen LogP contribution in [0.1, 0.15) is 33.1 Å². The first-order chi connectivity index (χ1) is 9.17. The van der Waals surface area contributed by atoms with Crippen LogP contribution in [0.2, 0.25) is 0 Å². The predicted molar refractivity (Wildman–Crippen MR) is 72.9 cm³/mol. The molecule has 0 saturated carbocycles. The number of piperidine rings is 1. The number of carbonyl (C=O) groups excluding carboxylic acids is 2. The van der Waals surface area contributed by atoms with Crippen LogP contribution in [0.15, 0.2) is 0 Å². The van der Waals surface area contributed by atoms with Gasteiger partial charge in [-0.3, -0.25) is 4.79 Å². The van der Waals surface area contributed by atoms with E-state index < -0.39 is 0 Å². The van der Waals surface area contributed by atoms with Crippen molar-refractivity contribution in [1.29, 1.82) is 0 Å². The van der Waals surface area contributed by atoms with Crippen LogP contribution in [0.3, 0.4) is 0 Å². The number of hydrogen-bond acceptors (Lipinski definition) is 4. The van der Waals surface area contributed by atoms with Gasteiger partial charge in [-0.15, -0.1) is 0 Å². The van der Waals surface area contributed by atoms with Gasteiger partial charge in [0.05, 0.1) is 13.2 Å². The van der Waals surface area contributed by atoms with Gasteiger partial charge in [-0.1, -0.05) is 6.92 Å². The molecule has 0 unspecified atom stereocenters. The SMILES string of the molecule is CCCNCC(=O)NC1CCN(C(=O)OCC)CC1. The number of ether oxygens (including phenoxy) is 1. The normalized spacial score (nSPS) is 16.2. The molecule has 2 N–H and O–H groups in total. The van der Waals surface area contributed by atoms with E-state index in [9.17, 15) is 9.59 Å². The van der Waals surface area contributed by atoms with E-state index in [-0.39, 0.29) is 18.0 Å². The van der Waals surface area contributed by atoms with Crippen LogP contribution in [-0.4, -0.2) is 55.7 Å². The summed E-state index contributed by atoms with van der Waals surface area (Å²) in [4.78, 5) is 24.8. The minimum absolute atomic E-state index is 0.0306. The Morgan fingerprint density at radius 2 is 1.95 bits per heavy atom. The zero-order valence-electron chi connectivity index (χ0n) is 11.9. The van der Waals surface area contributed by atoms with Gasteiger partial charge in [0.1, 0.15) is 0 Å². The Hall–Kier alpha value is -1.30. The summed E-state index contributed by atoms with van der Waals surface area (Å²) in [5.41, 5.74) is 0. The van der Waals surface area contributed by atoms with Crippen molar-refractivity contribution in [3.63, 3.8) is 0 Å².